The zero-order valence-electron chi connectivity index (χ0n) is 13.9. The van der Waals surface area contributed by atoms with Gasteiger partial charge in [-0.15, -0.1) is 0 Å². The highest BCUT2D eigenvalue weighted by Gasteiger charge is 2.07. The highest BCUT2D eigenvalue weighted by molar-refractivity contribution is 5.78. The molecule has 2 heterocycles. The van der Waals surface area contributed by atoms with Gasteiger partial charge in [-0.1, -0.05) is 24.3 Å². The maximum absolute atomic E-state index is 12.1. The Morgan fingerprint density at radius 2 is 2.00 bits per heavy atom. The minimum atomic E-state index is -0.219. The molecule has 6 heteroatoms. The number of carbonyl (C=O) groups is 1. The first-order valence-corrected chi connectivity index (χ1v) is 8.07. The smallest absolute Gasteiger partial charge is 0.266 e. The zero-order chi connectivity index (χ0) is 17.6. The Bertz CT molecular complexity index is 914. The SMILES string of the molecule is Cc1ccccc1CC(=O)NCCn1nc(-c2ccco2)ccc1=O. The number of rotatable bonds is 6. The third-order valence-electron chi connectivity index (χ3n) is 3.90. The quantitative estimate of drug-likeness (QED) is 0.748. The lowest BCUT2D eigenvalue weighted by Crippen LogP contribution is -2.32. The number of amides is 1. The Kier molecular flexibility index (Phi) is 5.09. The number of aryl methyl sites for hydroxylation is 1. The molecular formula is C19H19N3O3. The number of carbonyl (C=O) groups excluding carboxylic acids is 1. The van der Waals surface area contributed by atoms with Gasteiger partial charge in [-0.05, 0) is 36.2 Å². The summed E-state index contributed by atoms with van der Waals surface area (Å²) >= 11 is 0. The first-order valence-electron chi connectivity index (χ1n) is 8.07. The van der Waals surface area contributed by atoms with Crippen molar-refractivity contribution in [2.24, 2.45) is 0 Å². The third-order valence-corrected chi connectivity index (χ3v) is 3.90. The number of benzene rings is 1. The molecule has 0 atom stereocenters. The van der Waals surface area contributed by atoms with Gasteiger partial charge in [0.2, 0.25) is 5.91 Å². The molecule has 128 valence electrons. The normalized spacial score (nSPS) is 10.6. The van der Waals surface area contributed by atoms with Crippen molar-refractivity contribution in [2.45, 2.75) is 19.9 Å². The molecule has 0 aliphatic carbocycles. The summed E-state index contributed by atoms with van der Waals surface area (Å²) < 4.78 is 6.61. The van der Waals surface area contributed by atoms with Crippen LogP contribution in [0.25, 0.3) is 11.5 Å². The Morgan fingerprint density at radius 1 is 1.16 bits per heavy atom. The van der Waals surface area contributed by atoms with Gasteiger partial charge in [-0.3, -0.25) is 9.59 Å². The summed E-state index contributed by atoms with van der Waals surface area (Å²) in [5.74, 6) is 0.516. The lowest BCUT2D eigenvalue weighted by atomic mass is 10.1. The lowest BCUT2D eigenvalue weighted by Gasteiger charge is -2.09. The molecule has 1 aromatic carbocycles. The van der Waals surface area contributed by atoms with Gasteiger partial charge < -0.3 is 9.73 Å². The molecule has 0 radical (unpaired) electrons. The molecule has 0 unspecified atom stereocenters. The van der Waals surface area contributed by atoms with E-state index in [0.717, 1.165) is 11.1 Å². The van der Waals surface area contributed by atoms with E-state index in [-0.39, 0.29) is 11.5 Å². The van der Waals surface area contributed by atoms with E-state index in [0.29, 0.717) is 31.0 Å². The van der Waals surface area contributed by atoms with E-state index in [1.54, 1.807) is 24.5 Å². The van der Waals surface area contributed by atoms with Gasteiger partial charge in [0, 0.05) is 12.6 Å². The van der Waals surface area contributed by atoms with E-state index >= 15 is 0 Å². The van der Waals surface area contributed by atoms with Crippen LogP contribution in [0.15, 0.2) is 64.0 Å². The summed E-state index contributed by atoms with van der Waals surface area (Å²) in [5, 5.41) is 7.10. The van der Waals surface area contributed by atoms with Crippen LogP contribution in [0.4, 0.5) is 0 Å². The number of hydrogen-bond acceptors (Lipinski definition) is 4. The number of hydrogen-bond donors (Lipinski definition) is 1. The van der Waals surface area contributed by atoms with E-state index in [9.17, 15) is 9.59 Å². The van der Waals surface area contributed by atoms with E-state index in [2.05, 4.69) is 10.4 Å². The number of nitrogens with zero attached hydrogens (tertiary/aromatic N) is 2. The van der Waals surface area contributed by atoms with Gasteiger partial charge in [-0.25, -0.2) is 4.68 Å². The van der Waals surface area contributed by atoms with Crippen molar-refractivity contribution >= 4 is 5.91 Å². The molecule has 3 aromatic rings. The second-order valence-corrected chi connectivity index (χ2v) is 5.71. The van der Waals surface area contributed by atoms with E-state index in [4.69, 9.17) is 4.42 Å². The van der Waals surface area contributed by atoms with Crippen molar-refractivity contribution in [3.8, 4) is 11.5 Å². The van der Waals surface area contributed by atoms with Crippen LogP contribution in [-0.2, 0) is 17.8 Å². The highest BCUT2D eigenvalue weighted by Crippen LogP contribution is 2.14. The maximum Gasteiger partial charge on any atom is 0.266 e. The van der Waals surface area contributed by atoms with Crippen LogP contribution in [0.3, 0.4) is 0 Å². The van der Waals surface area contributed by atoms with E-state index in [1.165, 1.54) is 10.7 Å². The predicted octanol–water partition coefficient (Wildman–Crippen LogP) is 2.17. The van der Waals surface area contributed by atoms with Gasteiger partial charge in [0.25, 0.3) is 5.56 Å². The van der Waals surface area contributed by atoms with Gasteiger partial charge >= 0.3 is 0 Å². The minimum Gasteiger partial charge on any atom is -0.463 e. The Labute approximate surface area is 145 Å². The highest BCUT2D eigenvalue weighted by atomic mass is 16.3. The Hall–Kier alpha value is -3.15. The van der Waals surface area contributed by atoms with E-state index in [1.807, 2.05) is 31.2 Å². The van der Waals surface area contributed by atoms with E-state index < -0.39 is 0 Å². The maximum atomic E-state index is 12.1. The monoisotopic (exact) mass is 337 g/mol. The molecule has 25 heavy (non-hydrogen) atoms. The van der Waals surface area contributed by atoms with Gasteiger partial charge in [-0.2, -0.15) is 5.10 Å². The molecule has 0 saturated carbocycles. The third kappa shape index (κ3) is 4.23. The molecular weight excluding hydrogens is 318 g/mol. The average Bonchev–Trinajstić information content (AvgIpc) is 3.13. The molecule has 0 saturated heterocycles. The summed E-state index contributed by atoms with van der Waals surface area (Å²) in [6, 6.07) is 14.4. The fourth-order valence-corrected chi connectivity index (χ4v) is 2.51. The molecule has 0 fully saturated rings. The van der Waals surface area contributed by atoms with Crippen molar-refractivity contribution in [3.05, 3.63) is 76.3 Å². The largest absolute Gasteiger partial charge is 0.463 e. The molecule has 0 aliphatic heterocycles. The van der Waals surface area contributed by atoms with Crippen molar-refractivity contribution in [3.63, 3.8) is 0 Å². The summed E-state index contributed by atoms with van der Waals surface area (Å²) in [6.45, 7) is 2.61. The van der Waals surface area contributed by atoms with Crippen molar-refractivity contribution in [1.29, 1.82) is 0 Å². The summed E-state index contributed by atoms with van der Waals surface area (Å²) in [7, 11) is 0. The Balaban J connectivity index is 1.58. The van der Waals surface area contributed by atoms with Gasteiger partial charge in [0.05, 0.1) is 19.2 Å². The molecule has 2 aromatic heterocycles. The first-order chi connectivity index (χ1) is 12.1. The van der Waals surface area contributed by atoms with Crippen LogP contribution in [0.5, 0.6) is 0 Å². The summed E-state index contributed by atoms with van der Waals surface area (Å²) in [6.07, 6.45) is 1.87. The fraction of sp³-hybridized carbons (Fsp3) is 0.211. The van der Waals surface area contributed by atoms with Crippen LogP contribution in [-0.4, -0.2) is 22.2 Å². The lowest BCUT2D eigenvalue weighted by molar-refractivity contribution is -0.120. The summed E-state index contributed by atoms with van der Waals surface area (Å²) in [5.41, 5.74) is 2.44. The molecule has 1 amide bonds. The van der Waals surface area contributed by atoms with Crippen molar-refractivity contribution < 1.29 is 9.21 Å². The van der Waals surface area contributed by atoms with Crippen molar-refractivity contribution in [2.75, 3.05) is 6.54 Å². The number of nitrogens with one attached hydrogen (secondary N) is 1. The molecule has 0 spiro atoms. The topological polar surface area (TPSA) is 77.1 Å². The second-order valence-electron chi connectivity index (χ2n) is 5.71. The zero-order valence-corrected chi connectivity index (χ0v) is 13.9. The first kappa shape index (κ1) is 16.7. The molecule has 3 rings (SSSR count). The van der Waals surface area contributed by atoms with Crippen LogP contribution in [0.2, 0.25) is 0 Å². The van der Waals surface area contributed by atoms with Crippen molar-refractivity contribution in [1.82, 2.24) is 15.1 Å². The predicted molar refractivity (Wildman–Crippen MR) is 94.1 cm³/mol. The van der Waals surface area contributed by atoms with Gasteiger partial charge in [0.15, 0.2) is 5.76 Å². The van der Waals surface area contributed by atoms with Gasteiger partial charge in [0.1, 0.15) is 5.69 Å². The number of aromatic nitrogens is 2. The molecule has 0 aliphatic rings. The molecule has 0 bridgehead atoms. The van der Waals surface area contributed by atoms with Crippen LogP contribution in [0, 0.1) is 6.92 Å². The second kappa shape index (κ2) is 7.61. The minimum absolute atomic E-state index is 0.0791. The Morgan fingerprint density at radius 3 is 2.76 bits per heavy atom. The number of furan rings is 1. The van der Waals surface area contributed by atoms with Crippen LogP contribution in [0.1, 0.15) is 11.1 Å². The fourth-order valence-electron chi connectivity index (χ4n) is 2.51. The van der Waals surface area contributed by atoms with Crippen LogP contribution >= 0.6 is 0 Å². The summed E-state index contributed by atoms with van der Waals surface area (Å²) in [4.78, 5) is 24.0. The standard InChI is InChI=1S/C19H19N3O3/c1-14-5-2-3-6-15(14)13-18(23)20-10-11-22-19(24)9-8-16(21-22)17-7-4-12-25-17/h2-9,12H,10-11,13H2,1H3,(H,20,23). The average molecular weight is 337 g/mol. The molecule has 1 N–H and O–H groups in total. The molecule has 6 nitrogen and oxygen atoms in total. The van der Waals surface area contributed by atoms with Crippen LogP contribution < -0.4 is 10.9 Å².